The molecule has 39 heavy (non-hydrogen) atoms. The van der Waals surface area contributed by atoms with Gasteiger partial charge in [0.1, 0.15) is 5.75 Å². The molecule has 0 radical (unpaired) electrons. The summed E-state index contributed by atoms with van der Waals surface area (Å²) in [4.78, 5) is 2.55. The summed E-state index contributed by atoms with van der Waals surface area (Å²) in [5, 5.41) is 11.4. The van der Waals surface area contributed by atoms with Gasteiger partial charge in [0, 0.05) is 18.5 Å². The van der Waals surface area contributed by atoms with E-state index in [1.165, 1.54) is 29.5 Å². The number of benzene rings is 2. The van der Waals surface area contributed by atoms with Crippen molar-refractivity contribution in [3.05, 3.63) is 65.2 Å². The number of rotatable bonds is 11. The number of hydrogen-bond acceptors (Lipinski definition) is 4. The Balaban J connectivity index is 1.21. The molecule has 4 nitrogen and oxygen atoms in total. The van der Waals surface area contributed by atoms with Crippen molar-refractivity contribution in [2.45, 2.75) is 115 Å². The summed E-state index contributed by atoms with van der Waals surface area (Å²) in [5.74, 6) is 1.55. The van der Waals surface area contributed by atoms with Crippen molar-refractivity contribution in [2.75, 3.05) is 26.2 Å². The first kappa shape index (κ1) is 28.6. The van der Waals surface area contributed by atoms with Crippen LogP contribution in [0.5, 0.6) is 5.75 Å². The quantitative estimate of drug-likeness (QED) is 0.313. The molecule has 1 heterocycles. The fourth-order valence-corrected chi connectivity index (χ4v) is 8.08. The maximum absolute atomic E-state index is 11.4. The van der Waals surface area contributed by atoms with Gasteiger partial charge in [-0.3, -0.25) is 4.90 Å². The summed E-state index contributed by atoms with van der Waals surface area (Å²) in [6.45, 7) is 10.6. The van der Waals surface area contributed by atoms with Gasteiger partial charge in [-0.15, -0.1) is 0 Å². The molecule has 2 unspecified atom stereocenters. The lowest BCUT2D eigenvalue weighted by Gasteiger charge is -2.53. The second-order valence-electron chi connectivity index (χ2n) is 13.0. The predicted molar refractivity (Wildman–Crippen MR) is 160 cm³/mol. The molecular weight excluding hydrogens is 482 g/mol. The Hall–Kier alpha value is -1.88. The molecule has 0 amide bonds. The monoisotopic (exact) mass is 533 g/mol. The van der Waals surface area contributed by atoms with E-state index in [4.69, 9.17) is 9.47 Å². The third kappa shape index (κ3) is 6.89. The summed E-state index contributed by atoms with van der Waals surface area (Å²) >= 11 is 0. The molecule has 0 spiro atoms. The Morgan fingerprint density at radius 3 is 2.56 bits per heavy atom. The molecule has 2 aromatic carbocycles. The van der Waals surface area contributed by atoms with Crippen LogP contribution in [-0.4, -0.2) is 54.1 Å². The van der Waals surface area contributed by atoms with Gasteiger partial charge in [0.15, 0.2) is 0 Å². The SMILES string of the molecule is CCC[C@@]1(O)CC[C@@]2(Cc3ccccc3)c3ccc(OCCCCCN4CC(C)OC(C)C4)cc3CC[C@@H]2C1. The van der Waals surface area contributed by atoms with E-state index in [0.29, 0.717) is 18.1 Å². The lowest BCUT2D eigenvalue weighted by Crippen LogP contribution is -2.51. The second kappa shape index (κ2) is 12.7. The van der Waals surface area contributed by atoms with E-state index >= 15 is 0 Å². The molecule has 2 fully saturated rings. The highest BCUT2D eigenvalue weighted by Crippen LogP contribution is 2.55. The number of aryl methyl sites for hydroxylation is 1. The first-order valence-corrected chi connectivity index (χ1v) is 15.8. The van der Waals surface area contributed by atoms with E-state index in [2.05, 4.69) is 74.2 Å². The van der Waals surface area contributed by atoms with Crippen LogP contribution in [0, 0.1) is 5.92 Å². The van der Waals surface area contributed by atoms with E-state index < -0.39 is 5.60 Å². The van der Waals surface area contributed by atoms with E-state index in [9.17, 15) is 5.11 Å². The van der Waals surface area contributed by atoms with Crippen LogP contribution in [0.2, 0.25) is 0 Å². The van der Waals surface area contributed by atoms with Gasteiger partial charge in [0.2, 0.25) is 0 Å². The molecule has 1 saturated carbocycles. The normalized spacial score (nSPS) is 30.9. The van der Waals surface area contributed by atoms with Crippen LogP contribution in [0.3, 0.4) is 0 Å². The molecule has 5 atom stereocenters. The minimum absolute atomic E-state index is 0.113. The van der Waals surface area contributed by atoms with Gasteiger partial charge >= 0.3 is 0 Å². The number of fused-ring (bicyclic) bond motifs is 3. The maximum Gasteiger partial charge on any atom is 0.119 e. The highest BCUT2D eigenvalue weighted by atomic mass is 16.5. The van der Waals surface area contributed by atoms with Crippen molar-refractivity contribution in [2.24, 2.45) is 5.92 Å². The van der Waals surface area contributed by atoms with Crippen LogP contribution < -0.4 is 4.74 Å². The summed E-state index contributed by atoms with van der Waals surface area (Å²) < 4.78 is 12.1. The van der Waals surface area contributed by atoms with E-state index in [1.54, 1.807) is 0 Å². The molecule has 0 aromatic heterocycles. The minimum Gasteiger partial charge on any atom is -0.494 e. The third-order valence-electron chi connectivity index (χ3n) is 9.78. The van der Waals surface area contributed by atoms with Gasteiger partial charge in [0.25, 0.3) is 0 Å². The summed E-state index contributed by atoms with van der Waals surface area (Å²) in [7, 11) is 0. The molecule has 4 heteroatoms. The van der Waals surface area contributed by atoms with Crippen LogP contribution in [-0.2, 0) is 23.0 Å². The van der Waals surface area contributed by atoms with Crippen molar-refractivity contribution in [3.63, 3.8) is 0 Å². The smallest absolute Gasteiger partial charge is 0.119 e. The van der Waals surface area contributed by atoms with Crippen molar-refractivity contribution in [1.82, 2.24) is 4.90 Å². The zero-order chi connectivity index (χ0) is 27.3. The average Bonchev–Trinajstić information content (AvgIpc) is 2.91. The Bertz CT molecular complexity index is 1050. The molecule has 0 bridgehead atoms. The number of unbranched alkanes of at least 4 members (excludes halogenated alkanes) is 2. The number of hydrogen-bond donors (Lipinski definition) is 1. The third-order valence-corrected chi connectivity index (χ3v) is 9.78. The minimum atomic E-state index is -0.488. The first-order chi connectivity index (χ1) is 18.9. The lowest BCUT2D eigenvalue weighted by atomic mass is 9.52. The molecule has 3 aliphatic rings. The first-order valence-electron chi connectivity index (χ1n) is 15.8. The van der Waals surface area contributed by atoms with E-state index in [1.807, 2.05) is 0 Å². The van der Waals surface area contributed by atoms with Crippen molar-refractivity contribution in [1.29, 1.82) is 0 Å². The summed E-state index contributed by atoms with van der Waals surface area (Å²) in [6, 6.07) is 17.9. The molecule has 1 aliphatic heterocycles. The fourth-order valence-electron chi connectivity index (χ4n) is 8.08. The average molecular weight is 534 g/mol. The Kier molecular flexibility index (Phi) is 9.36. The van der Waals surface area contributed by atoms with Crippen molar-refractivity contribution in [3.8, 4) is 5.75 Å². The van der Waals surface area contributed by atoms with Crippen LogP contribution in [0.4, 0.5) is 0 Å². The zero-order valence-corrected chi connectivity index (χ0v) is 24.7. The summed E-state index contributed by atoms with van der Waals surface area (Å²) in [6.07, 6.45) is 12.4. The summed E-state index contributed by atoms with van der Waals surface area (Å²) in [5.41, 5.74) is 4.02. The standard InChI is InChI=1S/C35H51NO3/c1-4-17-34(37)18-19-35(23-29-11-7-5-8-12-29)31(24-34)14-13-30-22-32(15-16-33(30)35)38-21-10-6-9-20-36-25-27(2)39-28(3)26-36/h5,7-8,11-12,15-16,22,27-28,31,37H,4,6,9-10,13-14,17-21,23-26H2,1-3H3/t27?,28?,31-,34-,35+/m1/s1. The van der Waals surface area contributed by atoms with Gasteiger partial charge in [-0.05, 0) is 119 Å². The Morgan fingerprint density at radius 2 is 1.79 bits per heavy atom. The van der Waals surface area contributed by atoms with Crippen LogP contribution in [0.1, 0.15) is 95.2 Å². The Labute approximate surface area is 237 Å². The molecule has 2 aliphatic carbocycles. The van der Waals surface area contributed by atoms with Gasteiger partial charge in [-0.2, -0.15) is 0 Å². The largest absolute Gasteiger partial charge is 0.494 e. The lowest BCUT2D eigenvalue weighted by molar-refractivity contribution is -0.0682. The van der Waals surface area contributed by atoms with Crippen LogP contribution in [0.25, 0.3) is 0 Å². The Morgan fingerprint density at radius 1 is 1.00 bits per heavy atom. The number of aliphatic hydroxyl groups is 1. The second-order valence-corrected chi connectivity index (χ2v) is 13.0. The highest BCUT2D eigenvalue weighted by molar-refractivity contribution is 5.45. The van der Waals surface area contributed by atoms with Gasteiger partial charge in [-0.1, -0.05) is 49.7 Å². The highest BCUT2D eigenvalue weighted by Gasteiger charge is 2.51. The molecule has 214 valence electrons. The van der Waals surface area contributed by atoms with Gasteiger partial charge in [0.05, 0.1) is 24.4 Å². The van der Waals surface area contributed by atoms with Gasteiger partial charge < -0.3 is 14.6 Å². The van der Waals surface area contributed by atoms with E-state index in [0.717, 1.165) is 89.8 Å². The molecular formula is C35H51NO3. The van der Waals surface area contributed by atoms with Crippen LogP contribution in [0.15, 0.2) is 48.5 Å². The fraction of sp³-hybridized carbons (Fsp3) is 0.657. The number of ether oxygens (including phenoxy) is 2. The number of nitrogens with zero attached hydrogens (tertiary/aromatic N) is 1. The van der Waals surface area contributed by atoms with E-state index in [-0.39, 0.29) is 5.41 Å². The molecule has 1 saturated heterocycles. The zero-order valence-electron chi connectivity index (χ0n) is 24.7. The topological polar surface area (TPSA) is 41.9 Å². The molecule has 5 rings (SSSR count). The van der Waals surface area contributed by atoms with Crippen LogP contribution >= 0.6 is 0 Å². The van der Waals surface area contributed by atoms with Crippen molar-refractivity contribution < 1.29 is 14.6 Å². The maximum atomic E-state index is 11.4. The molecule has 2 aromatic rings. The predicted octanol–water partition coefficient (Wildman–Crippen LogP) is 7.10. The number of morpholine rings is 1. The van der Waals surface area contributed by atoms with Crippen molar-refractivity contribution >= 4 is 0 Å². The molecule has 1 N–H and O–H groups in total. The van der Waals surface area contributed by atoms with Gasteiger partial charge in [-0.25, -0.2) is 0 Å².